The molecule has 0 radical (unpaired) electrons. The Morgan fingerprint density at radius 2 is 1.92 bits per heavy atom. The first-order valence-corrected chi connectivity index (χ1v) is 4.01. The van der Waals surface area contributed by atoms with E-state index < -0.39 is 5.54 Å². The minimum absolute atomic E-state index is 0.280. The van der Waals surface area contributed by atoms with Gasteiger partial charge in [-0.25, -0.2) is 0 Å². The summed E-state index contributed by atoms with van der Waals surface area (Å²) in [5.74, 6) is 0.280. The molecule has 0 unspecified atom stereocenters. The second-order valence-electron chi connectivity index (χ2n) is 3.69. The zero-order chi connectivity index (χ0) is 9.35. The fraction of sp³-hybridized carbons (Fsp3) is 0.400. The number of aryl methyl sites for hydroxylation is 1. The molecule has 1 aromatic carbocycles. The molecule has 3 N–H and O–H groups in total. The fourth-order valence-electron chi connectivity index (χ4n) is 1.49. The van der Waals surface area contributed by atoms with E-state index in [1.54, 1.807) is 6.07 Å². The Morgan fingerprint density at radius 1 is 1.33 bits per heavy atom. The van der Waals surface area contributed by atoms with Crippen LogP contribution in [0.2, 0.25) is 0 Å². The van der Waals surface area contributed by atoms with Gasteiger partial charge in [-0.1, -0.05) is 12.1 Å². The molecular weight excluding hydrogens is 150 g/mol. The van der Waals surface area contributed by atoms with Gasteiger partial charge in [0.05, 0.1) is 0 Å². The number of phenolic OH excluding ortho intramolecular Hbond substituents is 1. The zero-order valence-corrected chi connectivity index (χ0v) is 7.76. The van der Waals surface area contributed by atoms with Crippen molar-refractivity contribution in [2.24, 2.45) is 5.73 Å². The number of aromatic hydroxyl groups is 1. The zero-order valence-electron chi connectivity index (χ0n) is 7.76. The van der Waals surface area contributed by atoms with Crippen LogP contribution >= 0.6 is 0 Å². The van der Waals surface area contributed by atoms with Crippen LogP contribution in [0, 0.1) is 6.92 Å². The first kappa shape index (κ1) is 9.07. The molecule has 0 bridgehead atoms. The fourth-order valence-corrected chi connectivity index (χ4v) is 1.49. The lowest BCUT2D eigenvalue weighted by Crippen LogP contribution is -2.29. The number of hydrogen-bond acceptors (Lipinski definition) is 2. The van der Waals surface area contributed by atoms with Crippen molar-refractivity contribution in [2.45, 2.75) is 26.3 Å². The van der Waals surface area contributed by atoms with Crippen molar-refractivity contribution in [2.75, 3.05) is 0 Å². The van der Waals surface area contributed by atoms with Crippen molar-refractivity contribution >= 4 is 0 Å². The van der Waals surface area contributed by atoms with Gasteiger partial charge in [0.2, 0.25) is 0 Å². The van der Waals surface area contributed by atoms with Crippen LogP contribution in [-0.2, 0) is 5.54 Å². The highest BCUT2D eigenvalue weighted by atomic mass is 16.3. The van der Waals surface area contributed by atoms with Gasteiger partial charge in [-0.2, -0.15) is 0 Å². The van der Waals surface area contributed by atoms with Gasteiger partial charge >= 0.3 is 0 Å². The number of nitrogens with two attached hydrogens (primary N) is 1. The van der Waals surface area contributed by atoms with Crippen molar-refractivity contribution in [3.63, 3.8) is 0 Å². The Morgan fingerprint density at radius 3 is 2.25 bits per heavy atom. The Hall–Kier alpha value is -1.02. The number of benzene rings is 1. The molecule has 0 amide bonds. The molecule has 0 fully saturated rings. The minimum atomic E-state index is -0.477. The predicted octanol–water partition coefficient (Wildman–Crippen LogP) is 1.89. The predicted molar refractivity (Wildman–Crippen MR) is 50.1 cm³/mol. The number of phenols is 1. The molecule has 12 heavy (non-hydrogen) atoms. The molecule has 0 heterocycles. The van der Waals surface area contributed by atoms with Crippen LogP contribution in [0.25, 0.3) is 0 Å². The quantitative estimate of drug-likeness (QED) is 0.667. The molecule has 2 heteroatoms. The molecule has 0 saturated heterocycles. The van der Waals surface area contributed by atoms with Gasteiger partial charge in [0, 0.05) is 11.1 Å². The minimum Gasteiger partial charge on any atom is -0.508 e. The lowest BCUT2D eigenvalue weighted by Gasteiger charge is -2.22. The summed E-state index contributed by atoms with van der Waals surface area (Å²) in [6.07, 6.45) is 0. The van der Waals surface area contributed by atoms with Crippen molar-refractivity contribution in [3.8, 4) is 5.75 Å². The summed E-state index contributed by atoms with van der Waals surface area (Å²) in [7, 11) is 0. The maximum Gasteiger partial charge on any atom is 0.120 e. The highest BCUT2D eigenvalue weighted by Crippen LogP contribution is 2.29. The second-order valence-corrected chi connectivity index (χ2v) is 3.69. The van der Waals surface area contributed by atoms with Crippen LogP contribution in [0.3, 0.4) is 0 Å². The molecule has 0 aromatic heterocycles. The van der Waals surface area contributed by atoms with Crippen LogP contribution in [0.5, 0.6) is 5.75 Å². The second kappa shape index (κ2) is 2.79. The molecule has 66 valence electrons. The van der Waals surface area contributed by atoms with Crippen LogP contribution in [0.4, 0.5) is 0 Å². The topological polar surface area (TPSA) is 46.2 Å². The summed E-state index contributed by atoms with van der Waals surface area (Å²) in [4.78, 5) is 0. The van der Waals surface area contributed by atoms with E-state index in [1.807, 2.05) is 32.9 Å². The SMILES string of the molecule is Cc1cccc(O)c1C(C)(C)N. The molecule has 0 aliphatic rings. The largest absolute Gasteiger partial charge is 0.508 e. The molecule has 1 aromatic rings. The molecule has 0 aliphatic heterocycles. The van der Waals surface area contributed by atoms with Crippen molar-refractivity contribution < 1.29 is 5.11 Å². The van der Waals surface area contributed by atoms with Gasteiger partial charge in [-0.15, -0.1) is 0 Å². The lowest BCUT2D eigenvalue weighted by atomic mass is 9.91. The van der Waals surface area contributed by atoms with Gasteiger partial charge in [0.15, 0.2) is 0 Å². The molecule has 0 aliphatic carbocycles. The van der Waals surface area contributed by atoms with E-state index >= 15 is 0 Å². The Kier molecular flexibility index (Phi) is 2.11. The summed E-state index contributed by atoms with van der Waals surface area (Å²) in [5, 5.41) is 9.55. The maximum atomic E-state index is 9.55. The van der Waals surface area contributed by atoms with Gasteiger partial charge in [-0.05, 0) is 32.4 Å². The van der Waals surface area contributed by atoms with Crippen LogP contribution in [0.1, 0.15) is 25.0 Å². The highest BCUT2D eigenvalue weighted by Gasteiger charge is 2.19. The van der Waals surface area contributed by atoms with Gasteiger partial charge in [0.1, 0.15) is 5.75 Å². The lowest BCUT2D eigenvalue weighted by molar-refractivity contribution is 0.439. The maximum absolute atomic E-state index is 9.55. The molecule has 0 atom stereocenters. The third-order valence-electron chi connectivity index (χ3n) is 1.90. The average Bonchev–Trinajstić information content (AvgIpc) is 1.82. The van der Waals surface area contributed by atoms with Crippen LogP contribution in [0.15, 0.2) is 18.2 Å². The Balaban J connectivity index is 3.31. The summed E-state index contributed by atoms with van der Waals surface area (Å²) in [6, 6.07) is 5.43. The van der Waals surface area contributed by atoms with Crippen molar-refractivity contribution in [1.29, 1.82) is 0 Å². The molecular formula is C10H15NO. The highest BCUT2D eigenvalue weighted by molar-refractivity contribution is 5.42. The van der Waals surface area contributed by atoms with Gasteiger partial charge in [0.25, 0.3) is 0 Å². The average molecular weight is 165 g/mol. The van der Waals surface area contributed by atoms with E-state index in [2.05, 4.69) is 0 Å². The third kappa shape index (κ3) is 1.59. The van der Waals surface area contributed by atoms with E-state index in [-0.39, 0.29) is 5.75 Å². The third-order valence-corrected chi connectivity index (χ3v) is 1.90. The Labute approximate surface area is 73.0 Å². The van der Waals surface area contributed by atoms with Crippen LogP contribution < -0.4 is 5.73 Å². The van der Waals surface area contributed by atoms with Gasteiger partial charge < -0.3 is 10.8 Å². The Bertz CT molecular complexity index is 266. The summed E-state index contributed by atoms with van der Waals surface area (Å²) in [5.41, 5.74) is 7.28. The first-order chi connectivity index (χ1) is 5.43. The van der Waals surface area contributed by atoms with E-state index in [9.17, 15) is 5.11 Å². The van der Waals surface area contributed by atoms with Gasteiger partial charge in [-0.3, -0.25) is 0 Å². The molecule has 1 rings (SSSR count). The van der Waals surface area contributed by atoms with Crippen LogP contribution in [-0.4, -0.2) is 5.11 Å². The molecule has 0 saturated carbocycles. The summed E-state index contributed by atoms with van der Waals surface area (Å²) >= 11 is 0. The monoisotopic (exact) mass is 165 g/mol. The van der Waals surface area contributed by atoms with Crippen molar-refractivity contribution in [1.82, 2.24) is 0 Å². The van der Waals surface area contributed by atoms with Crippen molar-refractivity contribution in [3.05, 3.63) is 29.3 Å². The molecule has 2 nitrogen and oxygen atoms in total. The van der Waals surface area contributed by atoms with E-state index in [4.69, 9.17) is 5.73 Å². The normalized spacial score (nSPS) is 11.7. The first-order valence-electron chi connectivity index (χ1n) is 4.01. The smallest absolute Gasteiger partial charge is 0.120 e. The number of hydrogen-bond donors (Lipinski definition) is 2. The molecule has 0 spiro atoms. The summed E-state index contributed by atoms with van der Waals surface area (Å²) in [6.45, 7) is 5.72. The van der Waals surface area contributed by atoms with E-state index in [1.165, 1.54) is 0 Å². The number of rotatable bonds is 1. The standard InChI is InChI=1S/C10H15NO/c1-7-5-4-6-8(12)9(7)10(2,3)11/h4-6,12H,11H2,1-3H3. The van der Waals surface area contributed by atoms with E-state index in [0.29, 0.717) is 0 Å². The summed E-state index contributed by atoms with van der Waals surface area (Å²) < 4.78 is 0. The van der Waals surface area contributed by atoms with E-state index in [0.717, 1.165) is 11.1 Å².